The van der Waals surface area contributed by atoms with Gasteiger partial charge in [-0.05, 0) is 23.3 Å². The average Bonchev–Trinajstić information content (AvgIpc) is 2.87. The highest BCUT2D eigenvalue weighted by Gasteiger charge is 2.23. The number of rotatable bonds is 2. The first-order valence-corrected chi connectivity index (χ1v) is 5.86. The Morgan fingerprint density at radius 2 is 2.11 bits per heavy atom. The van der Waals surface area contributed by atoms with Gasteiger partial charge in [-0.15, -0.1) is 5.10 Å². The Bertz CT molecular complexity index is 568. The van der Waals surface area contributed by atoms with Crippen LogP contribution in [-0.2, 0) is 0 Å². The molecule has 1 aliphatic rings. The van der Waals surface area contributed by atoms with Gasteiger partial charge >= 0.3 is 0 Å². The molecule has 3 heterocycles. The van der Waals surface area contributed by atoms with E-state index in [4.69, 9.17) is 11.1 Å². The molecule has 0 atom stereocenters. The van der Waals surface area contributed by atoms with Crippen LogP contribution >= 0.6 is 0 Å². The molecule has 2 aromatic rings. The second kappa shape index (κ2) is 4.21. The van der Waals surface area contributed by atoms with Crippen LogP contribution in [0.2, 0.25) is 0 Å². The monoisotopic (exact) mass is 246 g/mol. The van der Waals surface area contributed by atoms with Crippen molar-refractivity contribution in [3.63, 3.8) is 0 Å². The summed E-state index contributed by atoms with van der Waals surface area (Å²) in [7, 11) is 0. The van der Waals surface area contributed by atoms with Crippen LogP contribution in [-0.4, -0.2) is 43.9 Å². The molecule has 1 fully saturated rings. The van der Waals surface area contributed by atoms with Crippen LogP contribution in [0.1, 0.15) is 12.8 Å². The van der Waals surface area contributed by atoms with E-state index in [0.29, 0.717) is 5.65 Å². The third kappa shape index (κ3) is 1.75. The molecule has 18 heavy (non-hydrogen) atoms. The summed E-state index contributed by atoms with van der Waals surface area (Å²) in [5.41, 5.74) is 6.18. The van der Waals surface area contributed by atoms with Crippen LogP contribution in [0.5, 0.6) is 0 Å². The number of tetrazole rings is 1. The fourth-order valence-corrected chi connectivity index (χ4v) is 2.30. The average molecular weight is 246 g/mol. The minimum Gasteiger partial charge on any atom is -0.387 e. The molecule has 1 saturated heterocycles. The van der Waals surface area contributed by atoms with Crippen LogP contribution in [0, 0.1) is 11.3 Å². The number of aromatic nitrogens is 5. The Balaban J connectivity index is 1.84. The maximum Gasteiger partial charge on any atom is 0.199 e. The fourth-order valence-electron chi connectivity index (χ4n) is 2.30. The molecule has 8 nitrogen and oxygen atoms in total. The van der Waals surface area contributed by atoms with Crippen molar-refractivity contribution < 1.29 is 0 Å². The van der Waals surface area contributed by atoms with Gasteiger partial charge in [0, 0.05) is 19.0 Å². The molecule has 8 heteroatoms. The zero-order valence-corrected chi connectivity index (χ0v) is 9.82. The van der Waals surface area contributed by atoms with E-state index in [2.05, 4.69) is 25.4 Å². The van der Waals surface area contributed by atoms with E-state index in [0.717, 1.165) is 31.7 Å². The Kier molecular flexibility index (Phi) is 2.54. The summed E-state index contributed by atoms with van der Waals surface area (Å²) in [5.74, 6) is 1.37. The quantitative estimate of drug-likeness (QED) is 0.554. The molecule has 3 rings (SSSR count). The van der Waals surface area contributed by atoms with Gasteiger partial charge in [-0.2, -0.15) is 4.52 Å². The Hall–Kier alpha value is -2.25. The van der Waals surface area contributed by atoms with Crippen LogP contribution in [0.3, 0.4) is 0 Å². The molecule has 2 aromatic heterocycles. The van der Waals surface area contributed by atoms with Crippen molar-refractivity contribution in [3.8, 4) is 0 Å². The van der Waals surface area contributed by atoms with Gasteiger partial charge < -0.3 is 10.6 Å². The molecule has 0 aromatic carbocycles. The van der Waals surface area contributed by atoms with E-state index < -0.39 is 0 Å². The van der Waals surface area contributed by atoms with E-state index in [1.807, 2.05) is 0 Å². The molecule has 3 N–H and O–H groups in total. The van der Waals surface area contributed by atoms with Gasteiger partial charge in [0.25, 0.3) is 0 Å². The predicted molar refractivity (Wildman–Crippen MR) is 65.4 cm³/mol. The van der Waals surface area contributed by atoms with Gasteiger partial charge in [0.2, 0.25) is 0 Å². The Morgan fingerprint density at radius 1 is 1.33 bits per heavy atom. The number of nitrogens with two attached hydrogens (primary N) is 1. The highest BCUT2D eigenvalue weighted by molar-refractivity contribution is 5.79. The van der Waals surface area contributed by atoms with Crippen molar-refractivity contribution in [2.45, 2.75) is 12.8 Å². The second-order valence-electron chi connectivity index (χ2n) is 4.43. The zero-order valence-electron chi connectivity index (χ0n) is 9.82. The number of nitrogens with one attached hydrogen (secondary N) is 1. The predicted octanol–water partition coefficient (Wildman–Crippen LogP) is -0.328. The van der Waals surface area contributed by atoms with Gasteiger partial charge in [-0.25, -0.2) is 0 Å². The number of hydrogen-bond acceptors (Lipinski definition) is 6. The van der Waals surface area contributed by atoms with Crippen molar-refractivity contribution in [2.24, 2.45) is 11.7 Å². The summed E-state index contributed by atoms with van der Waals surface area (Å²) in [5, 5.41) is 18.9. The normalized spacial score (nSPS) is 17.2. The maximum absolute atomic E-state index is 7.47. The first kappa shape index (κ1) is 10.9. The molecule has 1 aliphatic heterocycles. The third-order valence-electron chi connectivity index (χ3n) is 3.35. The second-order valence-corrected chi connectivity index (χ2v) is 4.43. The van der Waals surface area contributed by atoms with E-state index in [9.17, 15) is 0 Å². The topological polar surface area (TPSA) is 109 Å². The maximum atomic E-state index is 7.47. The molecule has 0 bridgehead atoms. The van der Waals surface area contributed by atoms with Crippen molar-refractivity contribution in [1.82, 2.24) is 25.0 Å². The fraction of sp³-hybridized carbons (Fsp3) is 0.500. The lowest BCUT2D eigenvalue weighted by molar-refractivity contribution is 0.492. The van der Waals surface area contributed by atoms with Gasteiger partial charge in [0.1, 0.15) is 0 Å². The number of hydrogen-bond donors (Lipinski definition) is 2. The zero-order chi connectivity index (χ0) is 12.5. The summed E-state index contributed by atoms with van der Waals surface area (Å²) >= 11 is 0. The third-order valence-corrected chi connectivity index (χ3v) is 3.35. The Labute approximate surface area is 103 Å². The summed E-state index contributed by atoms with van der Waals surface area (Å²) < 4.78 is 1.68. The SMILES string of the molecule is N=C(N)C1CCN(c2cncc3nnnn23)CC1. The molecular weight excluding hydrogens is 232 g/mol. The van der Waals surface area contributed by atoms with E-state index in [1.165, 1.54) is 0 Å². The number of anilines is 1. The number of fused-ring (bicyclic) bond motifs is 1. The molecule has 0 aliphatic carbocycles. The Morgan fingerprint density at radius 3 is 2.83 bits per heavy atom. The van der Waals surface area contributed by atoms with Crippen LogP contribution in [0.15, 0.2) is 12.4 Å². The van der Waals surface area contributed by atoms with Gasteiger partial charge in [0.05, 0.1) is 18.2 Å². The minimum atomic E-state index is 0.197. The molecule has 0 saturated carbocycles. The van der Waals surface area contributed by atoms with Crippen molar-refractivity contribution in [1.29, 1.82) is 5.41 Å². The number of piperidine rings is 1. The van der Waals surface area contributed by atoms with Crippen molar-refractivity contribution in [2.75, 3.05) is 18.0 Å². The smallest absolute Gasteiger partial charge is 0.199 e. The molecule has 0 amide bonds. The first-order valence-electron chi connectivity index (χ1n) is 5.86. The highest BCUT2D eigenvalue weighted by atomic mass is 15.5. The summed E-state index contributed by atoms with van der Waals surface area (Å²) in [6.07, 6.45) is 5.16. The minimum absolute atomic E-state index is 0.197. The lowest BCUT2D eigenvalue weighted by Crippen LogP contribution is -2.39. The lowest BCUT2D eigenvalue weighted by atomic mass is 9.96. The van der Waals surface area contributed by atoms with Crippen LogP contribution in [0.4, 0.5) is 5.82 Å². The van der Waals surface area contributed by atoms with Gasteiger partial charge in [-0.3, -0.25) is 10.4 Å². The molecular formula is C10H14N8. The number of amidine groups is 1. The molecule has 0 spiro atoms. The summed E-state index contributed by atoms with van der Waals surface area (Å²) in [4.78, 5) is 6.32. The van der Waals surface area contributed by atoms with Crippen LogP contribution in [0.25, 0.3) is 5.65 Å². The van der Waals surface area contributed by atoms with Crippen LogP contribution < -0.4 is 10.6 Å². The number of nitrogens with zero attached hydrogens (tertiary/aromatic N) is 6. The largest absolute Gasteiger partial charge is 0.387 e. The van der Waals surface area contributed by atoms with Crippen molar-refractivity contribution in [3.05, 3.63) is 12.4 Å². The standard InChI is InChI=1S/C10H14N8/c11-10(12)7-1-3-17(4-2-7)9-6-13-5-8-14-15-16-18(8)9/h5-7H,1-4H2,(H3,11,12). The highest BCUT2D eigenvalue weighted by Crippen LogP contribution is 2.22. The summed E-state index contributed by atoms with van der Waals surface area (Å²) in [6.45, 7) is 1.68. The molecule has 94 valence electrons. The van der Waals surface area contributed by atoms with Gasteiger partial charge in [-0.1, -0.05) is 0 Å². The lowest BCUT2D eigenvalue weighted by Gasteiger charge is -2.32. The van der Waals surface area contributed by atoms with E-state index in [-0.39, 0.29) is 11.8 Å². The van der Waals surface area contributed by atoms with E-state index in [1.54, 1.807) is 16.9 Å². The summed E-state index contributed by atoms with van der Waals surface area (Å²) in [6, 6.07) is 0. The van der Waals surface area contributed by atoms with Gasteiger partial charge in [0.15, 0.2) is 11.5 Å². The first-order chi connectivity index (χ1) is 8.75. The molecule has 0 radical (unpaired) electrons. The van der Waals surface area contributed by atoms with Crippen molar-refractivity contribution >= 4 is 17.3 Å². The molecule has 0 unspecified atom stereocenters. The van der Waals surface area contributed by atoms with E-state index >= 15 is 0 Å².